The number of halogens is 1. The molecule has 0 aliphatic rings. The van der Waals surface area contributed by atoms with Crippen molar-refractivity contribution < 1.29 is 4.79 Å². The first-order valence-corrected chi connectivity index (χ1v) is 6.03. The maximum Gasteiger partial charge on any atom is 0.219 e. The van der Waals surface area contributed by atoms with Gasteiger partial charge in [0.1, 0.15) is 0 Å². The minimum atomic E-state index is 0.166. The molecule has 1 N–H and O–H groups in total. The second kappa shape index (κ2) is 9.32. The van der Waals surface area contributed by atoms with Gasteiger partial charge in [0, 0.05) is 18.8 Å². The number of rotatable bonds is 8. The van der Waals surface area contributed by atoms with E-state index in [0.29, 0.717) is 12.3 Å². The van der Waals surface area contributed by atoms with Crippen molar-refractivity contribution in [3.63, 3.8) is 0 Å². The molecule has 2 nitrogen and oxygen atoms in total. The Morgan fingerprint density at radius 2 is 2.00 bits per heavy atom. The molecule has 0 radical (unpaired) electrons. The average Bonchev–Trinajstić information content (AvgIpc) is 2.13. The third-order valence-electron chi connectivity index (χ3n) is 2.07. The number of unbranched alkanes of at least 4 members (excludes halogenated alkanes) is 1. The number of alkyl halides is 1. The van der Waals surface area contributed by atoms with Crippen molar-refractivity contribution in [2.45, 2.75) is 46.0 Å². The Morgan fingerprint density at radius 3 is 2.57 bits per heavy atom. The fraction of sp³-hybridized carbons (Fsp3) is 0.909. The second-order valence-corrected chi connectivity index (χ2v) is 4.41. The van der Waals surface area contributed by atoms with Gasteiger partial charge in [0.05, 0.1) is 0 Å². The van der Waals surface area contributed by atoms with Crippen molar-refractivity contribution in [2.75, 3.05) is 12.4 Å². The van der Waals surface area contributed by atoms with Crippen LogP contribution in [0.5, 0.6) is 0 Å². The van der Waals surface area contributed by atoms with Crippen LogP contribution in [-0.2, 0) is 4.79 Å². The van der Waals surface area contributed by atoms with E-state index in [4.69, 9.17) is 11.6 Å². The summed E-state index contributed by atoms with van der Waals surface area (Å²) in [6.07, 6.45) is 4.72. The van der Waals surface area contributed by atoms with E-state index in [1.165, 1.54) is 6.42 Å². The molecule has 0 aromatic carbocycles. The second-order valence-electron chi connectivity index (χ2n) is 4.03. The van der Waals surface area contributed by atoms with Crippen molar-refractivity contribution in [3.05, 3.63) is 0 Å². The van der Waals surface area contributed by atoms with Crippen LogP contribution in [0.15, 0.2) is 0 Å². The molecule has 14 heavy (non-hydrogen) atoms. The molecule has 0 atom stereocenters. The number of amides is 1. The zero-order valence-electron chi connectivity index (χ0n) is 9.31. The highest BCUT2D eigenvalue weighted by atomic mass is 35.5. The lowest BCUT2D eigenvalue weighted by molar-refractivity contribution is -0.121. The predicted molar refractivity (Wildman–Crippen MR) is 61.7 cm³/mol. The van der Waals surface area contributed by atoms with Crippen LogP contribution >= 0.6 is 11.6 Å². The zero-order valence-corrected chi connectivity index (χ0v) is 10.1. The third kappa shape index (κ3) is 9.85. The van der Waals surface area contributed by atoms with Crippen LogP contribution in [0.3, 0.4) is 0 Å². The molecule has 1 amide bonds. The summed E-state index contributed by atoms with van der Waals surface area (Å²) in [6, 6.07) is 0. The van der Waals surface area contributed by atoms with Gasteiger partial charge in [0.2, 0.25) is 5.91 Å². The quantitative estimate of drug-likeness (QED) is 0.494. The topological polar surface area (TPSA) is 29.1 Å². The molecule has 0 aliphatic heterocycles. The van der Waals surface area contributed by atoms with Crippen LogP contribution in [0, 0.1) is 5.92 Å². The van der Waals surface area contributed by atoms with E-state index in [2.05, 4.69) is 19.2 Å². The minimum absolute atomic E-state index is 0.166. The number of hydrogen-bond donors (Lipinski definition) is 1. The molecule has 0 bridgehead atoms. The summed E-state index contributed by atoms with van der Waals surface area (Å²) in [5, 5.41) is 2.91. The Kier molecular flexibility index (Phi) is 9.16. The predicted octanol–water partition coefficient (Wildman–Crippen LogP) is 2.95. The van der Waals surface area contributed by atoms with Gasteiger partial charge in [0.25, 0.3) is 0 Å². The van der Waals surface area contributed by atoms with Gasteiger partial charge in [-0.25, -0.2) is 0 Å². The van der Waals surface area contributed by atoms with Crippen molar-refractivity contribution >= 4 is 17.5 Å². The van der Waals surface area contributed by atoms with E-state index in [1.807, 2.05) is 0 Å². The van der Waals surface area contributed by atoms with Crippen molar-refractivity contribution in [1.29, 1.82) is 0 Å². The van der Waals surface area contributed by atoms with Crippen molar-refractivity contribution in [2.24, 2.45) is 5.92 Å². The molecule has 0 unspecified atom stereocenters. The summed E-state index contributed by atoms with van der Waals surface area (Å²) in [5.41, 5.74) is 0. The van der Waals surface area contributed by atoms with Crippen LogP contribution in [0.4, 0.5) is 0 Å². The molecule has 0 rings (SSSR count). The first-order chi connectivity index (χ1) is 6.66. The molecule has 0 fully saturated rings. The van der Waals surface area contributed by atoms with Gasteiger partial charge in [-0.1, -0.05) is 13.8 Å². The standard InChI is InChI=1S/C11H22ClNO/c1-10(2)6-5-9-13-11(14)7-3-4-8-12/h10H,3-9H2,1-2H3,(H,13,14). The highest BCUT2D eigenvalue weighted by molar-refractivity contribution is 6.17. The van der Waals surface area contributed by atoms with E-state index >= 15 is 0 Å². The fourth-order valence-electron chi connectivity index (χ4n) is 1.21. The van der Waals surface area contributed by atoms with Gasteiger partial charge in [-0.05, 0) is 31.6 Å². The molecule has 0 saturated carbocycles. The molecular formula is C11H22ClNO. The summed E-state index contributed by atoms with van der Waals surface area (Å²) < 4.78 is 0. The Balaban J connectivity index is 3.18. The summed E-state index contributed by atoms with van der Waals surface area (Å²) in [6.45, 7) is 5.21. The average molecular weight is 220 g/mol. The van der Waals surface area contributed by atoms with Crippen LogP contribution in [0.25, 0.3) is 0 Å². The van der Waals surface area contributed by atoms with Gasteiger partial charge in [-0.2, -0.15) is 0 Å². The zero-order chi connectivity index (χ0) is 10.8. The summed E-state index contributed by atoms with van der Waals surface area (Å²) in [5.74, 6) is 1.54. The lowest BCUT2D eigenvalue weighted by Crippen LogP contribution is -2.24. The highest BCUT2D eigenvalue weighted by Gasteiger charge is 2.00. The van der Waals surface area contributed by atoms with E-state index in [-0.39, 0.29) is 5.91 Å². The van der Waals surface area contributed by atoms with Crippen molar-refractivity contribution in [1.82, 2.24) is 5.32 Å². The molecule has 0 aromatic rings. The van der Waals surface area contributed by atoms with Crippen molar-refractivity contribution in [3.8, 4) is 0 Å². The SMILES string of the molecule is CC(C)CCCNC(=O)CCCCCl. The maximum absolute atomic E-state index is 11.2. The Bertz CT molecular complexity index is 148. The molecule has 0 spiro atoms. The first kappa shape index (κ1) is 13.8. The van der Waals surface area contributed by atoms with E-state index < -0.39 is 0 Å². The first-order valence-electron chi connectivity index (χ1n) is 5.49. The van der Waals surface area contributed by atoms with E-state index in [1.54, 1.807) is 0 Å². The van der Waals surface area contributed by atoms with E-state index in [9.17, 15) is 4.79 Å². The summed E-state index contributed by atoms with van der Waals surface area (Å²) in [7, 11) is 0. The Labute approximate surface area is 92.4 Å². The number of nitrogens with one attached hydrogen (secondary N) is 1. The highest BCUT2D eigenvalue weighted by Crippen LogP contribution is 2.02. The summed E-state index contributed by atoms with van der Waals surface area (Å²) >= 11 is 5.51. The van der Waals surface area contributed by atoms with Crippen LogP contribution in [-0.4, -0.2) is 18.3 Å². The monoisotopic (exact) mass is 219 g/mol. The van der Waals surface area contributed by atoms with Gasteiger partial charge in [0.15, 0.2) is 0 Å². The number of carbonyl (C=O) groups is 1. The Morgan fingerprint density at radius 1 is 1.29 bits per heavy atom. The number of carbonyl (C=O) groups excluding carboxylic acids is 1. The van der Waals surface area contributed by atoms with Crippen LogP contribution in [0.1, 0.15) is 46.0 Å². The Hall–Kier alpha value is -0.240. The van der Waals surface area contributed by atoms with Crippen LogP contribution < -0.4 is 5.32 Å². The summed E-state index contributed by atoms with van der Waals surface area (Å²) in [4.78, 5) is 11.2. The normalized spacial score (nSPS) is 10.6. The smallest absolute Gasteiger partial charge is 0.219 e. The van der Waals surface area contributed by atoms with Gasteiger partial charge >= 0.3 is 0 Å². The van der Waals surface area contributed by atoms with E-state index in [0.717, 1.165) is 31.7 Å². The molecule has 0 aromatic heterocycles. The molecule has 0 aliphatic carbocycles. The molecule has 3 heteroatoms. The number of hydrogen-bond acceptors (Lipinski definition) is 1. The van der Waals surface area contributed by atoms with Crippen LogP contribution in [0.2, 0.25) is 0 Å². The van der Waals surface area contributed by atoms with Gasteiger partial charge < -0.3 is 5.32 Å². The van der Waals surface area contributed by atoms with Gasteiger partial charge in [-0.3, -0.25) is 4.79 Å². The van der Waals surface area contributed by atoms with Gasteiger partial charge in [-0.15, -0.1) is 11.6 Å². The molecular weight excluding hydrogens is 198 g/mol. The lowest BCUT2D eigenvalue weighted by Gasteiger charge is -2.06. The largest absolute Gasteiger partial charge is 0.356 e. The molecule has 0 heterocycles. The fourth-order valence-corrected chi connectivity index (χ4v) is 1.40. The lowest BCUT2D eigenvalue weighted by atomic mass is 10.1. The molecule has 84 valence electrons. The third-order valence-corrected chi connectivity index (χ3v) is 2.34. The maximum atomic E-state index is 11.2. The minimum Gasteiger partial charge on any atom is -0.356 e. The molecule has 0 saturated heterocycles.